The Balaban J connectivity index is 4.12. The van der Waals surface area contributed by atoms with Gasteiger partial charge < -0.3 is 10.4 Å². The van der Waals surface area contributed by atoms with E-state index in [9.17, 15) is 9.90 Å². The SMILES string of the molecule is CCCCC(=O)N[C@H](O)C(Cl)(Cl)[C@@H](C)Cl. The lowest BCUT2D eigenvalue weighted by Crippen LogP contribution is -2.50. The number of aliphatic hydroxyl groups excluding tert-OH is 1. The van der Waals surface area contributed by atoms with E-state index in [0.717, 1.165) is 12.8 Å². The van der Waals surface area contributed by atoms with Gasteiger partial charge in [-0.2, -0.15) is 0 Å². The molecule has 90 valence electrons. The van der Waals surface area contributed by atoms with Crippen LogP contribution in [0.25, 0.3) is 0 Å². The fraction of sp³-hybridized carbons (Fsp3) is 0.889. The Bertz CT molecular complexity index is 210. The molecule has 0 unspecified atom stereocenters. The molecule has 0 saturated heterocycles. The van der Waals surface area contributed by atoms with Crippen LogP contribution in [-0.4, -0.2) is 27.0 Å². The molecule has 3 nitrogen and oxygen atoms in total. The second-order valence-corrected chi connectivity index (χ2v) is 5.46. The van der Waals surface area contributed by atoms with Gasteiger partial charge in [0.1, 0.15) is 0 Å². The molecule has 0 rings (SSSR count). The molecule has 0 aromatic carbocycles. The summed E-state index contributed by atoms with van der Waals surface area (Å²) in [4.78, 5) is 11.3. The van der Waals surface area contributed by atoms with Crippen LogP contribution < -0.4 is 5.32 Å². The van der Waals surface area contributed by atoms with E-state index >= 15 is 0 Å². The summed E-state index contributed by atoms with van der Waals surface area (Å²) in [5, 5.41) is 11.2. The zero-order chi connectivity index (χ0) is 12.1. The van der Waals surface area contributed by atoms with Crippen LogP contribution in [-0.2, 0) is 4.79 Å². The quantitative estimate of drug-likeness (QED) is 0.578. The van der Waals surface area contributed by atoms with Gasteiger partial charge in [-0.3, -0.25) is 4.79 Å². The molecule has 0 spiro atoms. The molecule has 0 fully saturated rings. The van der Waals surface area contributed by atoms with Crippen LogP contribution in [0.3, 0.4) is 0 Å². The van der Waals surface area contributed by atoms with E-state index in [1.54, 1.807) is 6.92 Å². The standard InChI is InChI=1S/C9H16Cl3NO2/c1-3-4-5-7(14)13-8(15)9(11,12)6(2)10/h6,8,15H,3-5H2,1-2H3,(H,13,14)/t6-,8-/m1/s1. The van der Waals surface area contributed by atoms with Crippen LogP contribution in [0, 0.1) is 0 Å². The number of nitrogens with one attached hydrogen (secondary N) is 1. The number of aliphatic hydroxyl groups is 1. The Hall–Kier alpha value is 0.300. The summed E-state index contributed by atoms with van der Waals surface area (Å²) >= 11 is 17.2. The molecule has 6 heteroatoms. The second kappa shape index (κ2) is 6.79. The van der Waals surface area contributed by atoms with Crippen molar-refractivity contribution in [3.8, 4) is 0 Å². The summed E-state index contributed by atoms with van der Waals surface area (Å²) in [6.07, 6.45) is 0.640. The van der Waals surface area contributed by atoms with Crippen molar-refractivity contribution in [2.45, 2.75) is 49.0 Å². The van der Waals surface area contributed by atoms with Crippen LogP contribution >= 0.6 is 34.8 Å². The van der Waals surface area contributed by atoms with Crippen molar-refractivity contribution >= 4 is 40.7 Å². The fourth-order valence-corrected chi connectivity index (χ4v) is 1.10. The minimum atomic E-state index is -1.58. The maximum atomic E-state index is 11.3. The molecule has 2 N–H and O–H groups in total. The third-order valence-electron chi connectivity index (χ3n) is 1.95. The zero-order valence-electron chi connectivity index (χ0n) is 8.77. The Labute approximate surface area is 105 Å². The summed E-state index contributed by atoms with van der Waals surface area (Å²) in [7, 11) is 0. The van der Waals surface area contributed by atoms with E-state index in [1.807, 2.05) is 6.92 Å². The Kier molecular flexibility index (Phi) is 6.93. The van der Waals surface area contributed by atoms with Crippen molar-refractivity contribution in [1.29, 1.82) is 0 Å². The number of unbranched alkanes of at least 4 members (excludes halogenated alkanes) is 1. The molecule has 0 aliphatic heterocycles. The van der Waals surface area contributed by atoms with E-state index in [-0.39, 0.29) is 5.91 Å². The Morgan fingerprint density at radius 2 is 2.07 bits per heavy atom. The normalized spacial score (nSPS) is 15.9. The molecule has 2 atom stereocenters. The van der Waals surface area contributed by atoms with Crippen molar-refractivity contribution in [1.82, 2.24) is 5.32 Å². The molecule has 0 radical (unpaired) electrons. The lowest BCUT2D eigenvalue weighted by atomic mass is 10.2. The van der Waals surface area contributed by atoms with Crippen molar-refractivity contribution in [2.75, 3.05) is 0 Å². The second-order valence-electron chi connectivity index (χ2n) is 3.36. The van der Waals surface area contributed by atoms with Gasteiger partial charge in [0.25, 0.3) is 0 Å². The average Bonchev–Trinajstić information content (AvgIpc) is 2.14. The van der Waals surface area contributed by atoms with Gasteiger partial charge >= 0.3 is 0 Å². The number of carbonyl (C=O) groups is 1. The van der Waals surface area contributed by atoms with Gasteiger partial charge in [-0.25, -0.2) is 0 Å². The van der Waals surface area contributed by atoms with Crippen molar-refractivity contribution in [2.24, 2.45) is 0 Å². The number of alkyl halides is 3. The third kappa shape index (κ3) is 5.25. The minimum Gasteiger partial charge on any atom is -0.370 e. The minimum absolute atomic E-state index is 0.285. The average molecular weight is 277 g/mol. The van der Waals surface area contributed by atoms with Gasteiger partial charge in [0.05, 0.1) is 5.38 Å². The maximum absolute atomic E-state index is 11.3. The summed E-state index contributed by atoms with van der Waals surface area (Å²) in [5.41, 5.74) is 0. The largest absolute Gasteiger partial charge is 0.370 e. The van der Waals surface area contributed by atoms with Crippen molar-refractivity contribution in [3.63, 3.8) is 0 Å². The van der Waals surface area contributed by atoms with Crippen molar-refractivity contribution in [3.05, 3.63) is 0 Å². The van der Waals surface area contributed by atoms with Gasteiger partial charge in [-0.15, -0.1) is 11.6 Å². The van der Waals surface area contributed by atoms with E-state index < -0.39 is 15.9 Å². The number of rotatable bonds is 6. The topological polar surface area (TPSA) is 49.3 Å². The molecule has 0 bridgehead atoms. The monoisotopic (exact) mass is 275 g/mol. The Morgan fingerprint density at radius 3 is 2.47 bits per heavy atom. The summed E-state index contributed by atoms with van der Waals surface area (Å²) in [5.74, 6) is -0.285. The van der Waals surface area contributed by atoms with Gasteiger partial charge in [0.15, 0.2) is 10.6 Å². The molecule has 0 heterocycles. The fourth-order valence-electron chi connectivity index (χ4n) is 0.876. The highest BCUT2D eigenvalue weighted by molar-refractivity contribution is 6.52. The summed E-state index contributed by atoms with van der Waals surface area (Å²) in [6.45, 7) is 3.51. The highest BCUT2D eigenvalue weighted by Crippen LogP contribution is 2.31. The van der Waals surface area contributed by atoms with Gasteiger partial charge in [-0.05, 0) is 13.3 Å². The molecular weight excluding hydrogens is 260 g/mol. The van der Waals surface area contributed by atoms with Crippen molar-refractivity contribution < 1.29 is 9.90 Å². The van der Waals surface area contributed by atoms with Crippen LogP contribution in [0.2, 0.25) is 0 Å². The molecule has 0 aliphatic rings. The van der Waals surface area contributed by atoms with Gasteiger partial charge in [0, 0.05) is 6.42 Å². The van der Waals surface area contributed by atoms with E-state index in [2.05, 4.69) is 5.32 Å². The first-order valence-electron chi connectivity index (χ1n) is 4.81. The zero-order valence-corrected chi connectivity index (χ0v) is 11.0. The van der Waals surface area contributed by atoms with Crippen LogP contribution in [0.1, 0.15) is 33.1 Å². The summed E-state index contributed by atoms with van der Waals surface area (Å²) < 4.78 is -1.58. The number of hydrogen-bond donors (Lipinski definition) is 2. The highest BCUT2D eigenvalue weighted by atomic mass is 35.5. The molecule has 0 aromatic heterocycles. The van der Waals surface area contributed by atoms with Gasteiger partial charge in [0.2, 0.25) is 5.91 Å². The predicted molar refractivity (Wildman–Crippen MR) is 63.4 cm³/mol. The molecule has 0 aromatic rings. The molecule has 0 aliphatic carbocycles. The smallest absolute Gasteiger partial charge is 0.222 e. The van der Waals surface area contributed by atoms with Crippen LogP contribution in [0.4, 0.5) is 0 Å². The lowest BCUT2D eigenvalue weighted by Gasteiger charge is -2.28. The molecule has 15 heavy (non-hydrogen) atoms. The molecule has 0 saturated carbocycles. The van der Waals surface area contributed by atoms with E-state index in [4.69, 9.17) is 34.8 Å². The lowest BCUT2D eigenvalue weighted by molar-refractivity contribution is -0.124. The van der Waals surface area contributed by atoms with Gasteiger partial charge in [-0.1, -0.05) is 36.5 Å². The first kappa shape index (κ1) is 15.3. The number of halogens is 3. The predicted octanol–water partition coefficient (Wildman–Crippen LogP) is 2.41. The number of amides is 1. The third-order valence-corrected chi connectivity index (χ3v) is 3.59. The maximum Gasteiger partial charge on any atom is 0.222 e. The van der Waals surface area contributed by atoms with E-state index in [1.165, 1.54) is 0 Å². The summed E-state index contributed by atoms with van der Waals surface area (Å²) in [6, 6.07) is 0. The molecule has 1 amide bonds. The first-order valence-corrected chi connectivity index (χ1v) is 6.00. The Morgan fingerprint density at radius 1 is 1.53 bits per heavy atom. The molecular formula is C9H16Cl3NO2. The number of hydrogen-bond acceptors (Lipinski definition) is 2. The van der Waals surface area contributed by atoms with Crippen LogP contribution in [0.15, 0.2) is 0 Å². The number of carbonyl (C=O) groups excluding carboxylic acids is 1. The van der Waals surface area contributed by atoms with Crippen LogP contribution in [0.5, 0.6) is 0 Å². The van der Waals surface area contributed by atoms with E-state index in [0.29, 0.717) is 6.42 Å². The highest BCUT2D eigenvalue weighted by Gasteiger charge is 2.39. The first-order chi connectivity index (χ1) is 6.82.